The Morgan fingerprint density at radius 1 is 1.60 bits per heavy atom. The Kier molecular flexibility index (Phi) is 3.20. The van der Waals surface area contributed by atoms with Crippen molar-refractivity contribution in [1.29, 1.82) is 0 Å². The molecule has 10 heavy (non-hydrogen) atoms. The molecule has 0 bridgehead atoms. The van der Waals surface area contributed by atoms with Crippen molar-refractivity contribution in [2.45, 2.75) is 0 Å². The lowest BCUT2D eigenvalue weighted by Gasteiger charge is -2.17. The Balaban J connectivity index is 3.56. The average molecular weight is 153 g/mol. The quantitative estimate of drug-likeness (QED) is 0.141. The second-order valence-corrected chi connectivity index (χ2v) is 1.23. The van der Waals surface area contributed by atoms with E-state index in [1.807, 2.05) is 5.29 Å². The first-order valence-electron chi connectivity index (χ1n) is 1.91. The van der Waals surface area contributed by atoms with E-state index in [9.17, 15) is 4.91 Å². The van der Waals surface area contributed by atoms with Gasteiger partial charge in [0.1, 0.15) is 0 Å². The van der Waals surface area contributed by atoms with E-state index in [4.69, 9.17) is 5.84 Å². The number of hydrogen-bond donors (Lipinski definition) is 3. The van der Waals surface area contributed by atoms with Gasteiger partial charge in [0, 0.05) is 0 Å². The van der Waals surface area contributed by atoms with Crippen LogP contribution in [0.4, 0.5) is 0 Å². The highest BCUT2D eigenvalue weighted by atomic mass is 17.4. The number of rotatable bonds is 4. The zero-order valence-corrected chi connectivity index (χ0v) is 4.80. The van der Waals surface area contributed by atoms with Gasteiger partial charge in [0.15, 0.2) is 4.97 Å². The molecular formula is H7N7O3. The van der Waals surface area contributed by atoms with Crippen LogP contribution in [0.1, 0.15) is 0 Å². The van der Waals surface area contributed by atoms with Crippen LogP contribution in [0.3, 0.4) is 0 Å². The molecule has 10 heteroatoms. The summed E-state index contributed by atoms with van der Waals surface area (Å²) in [5.74, 6) is 20.2. The van der Waals surface area contributed by atoms with Crippen LogP contribution in [0.15, 0.2) is 5.29 Å². The summed E-state index contributed by atoms with van der Waals surface area (Å²) in [4.78, 5) is 15.3. The Hall–Kier alpha value is -0.720. The van der Waals surface area contributed by atoms with E-state index in [2.05, 4.69) is 27.5 Å². The summed E-state index contributed by atoms with van der Waals surface area (Å²) in [5, 5.41) is 1.92. The second-order valence-electron chi connectivity index (χ2n) is 1.23. The Morgan fingerprint density at radius 2 is 2.10 bits per heavy atom. The fraction of sp³-hybridized carbons (Fsp3) is 0. The van der Waals surface area contributed by atoms with Gasteiger partial charge in [0.25, 0.3) is 0 Å². The van der Waals surface area contributed by atoms with Crippen molar-refractivity contribution < 1.29 is 14.9 Å². The van der Waals surface area contributed by atoms with Gasteiger partial charge in [-0.05, 0) is 0 Å². The fourth-order valence-corrected chi connectivity index (χ4v) is 0.103. The number of hydrazine groups is 1. The monoisotopic (exact) mass is 153 g/mol. The molecule has 0 aliphatic heterocycles. The number of nitrogens with zero attached hydrogens (tertiary/aromatic N) is 3. The van der Waals surface area contributed by atoms with Gasteiger partial charge in [-0.1, -0.05) is 21.6 Å². The topological polar surface area (TPSA) is 153 Å². The number of nitrogens with two attached hydrogens (primary N) is 3. The van der Waals surface area contributed by atoms with E-state index >= 15 is 0 Å². The molecule has 0 aromatic heterocycles. The molecule has 0 saturated carbocycles. The zero-order chi connectivity index (χ0) is 8.20. The third-order valence-corrected chi connectivity index (χ3v) is 0.361. The molecule has 0 aliphatic rings. The molecule has 10 nitrogen and oxygen atoms in total. The molecular weight excluding hydrogens is 146 g/mol. The first-order valence-corrected chi connectivity index (χ1v) is 1.91. The standard InChI is InChI=1S/H7N7O3/c1-6(2)9-10-7(3,4)5-8/h1H,2-4H2. The molecule has 0 atom stereocenters. The van der Waals surface area contributed by atoms with Crippen LogP contribution in [-0.2, 0) is 9.98 Å². The molecule has 0 fully saturated rings. The van der Waals surface area contributed by atoms with Crippen LogP contribution in [0, 0.1) is 4.91 Å². The molecule has 0 aliphatic carbocycles. The minimum atomic E-state index is -1.73. The van der Waals surface area contributed by atoms with Crippen molar-refractivity contribution in [3.05, 3.63) is 10.7 Å². The van der Waals surface area contributed by atoms with Crippen LogP contribution in [0.2, 0.25) is 0 Å². The molecule has 0 aromatic carbocycles. The van der Waals surface area contributed by atoms with Crippen molar-refractivity contribution in [3.8, 4) is 0 Å². The molecule has 0 rings (SSSR count). The van der Waals surface area contributed by atoms with Gasteiger partial charge < -0.3 is 5.84 Å². The minimum absolute atomic E-state index is 0.0993. The van der Waals surface area contributed by atoms with Crippen LogP contribution in [0.5, 0.6) is 0 Å². The number of quaternary nitrogens is 1. The minimum Gasteiger partial charge on any atom is -0.566 e. The summed E-state index contributed by atoms with van der Waals surface area (Å²) in [7, 11) is 0. The fourth-order valence-electron chi connectivity index (χ4n) is 0.103. The SMILES string of the molecule is [NH-]N(N)OO[N+](N)(N)N=O. The van der Waals surface area contributed by atoms with E-state index < -0.39 is 4.97 Å². The Bertz CT molecular complexity index is 107. The van der Waals surface area contributed by atoms with Crippen molar-refractivity contribution in [1.82, 2.24) is 5.28 Å². The highest BCUT2D eigenvalue weighted by Crippen LogP contribution is 1.91. The smallest absolute Gasteiger partial charge is 0.237 e. The highest BCUT2D eigenvalue weighted by Gasteiger charge is 2.23. The third kappa shape index (κ3) is 4.19. The molecule has 7 N–H and O–H groups in total. The zero-order valence-electron chi connectivity index (χ0n) is 4.80. The van der Waals surface area contributed by atoms with E-state index in [1.54, 1.807) is 0 Å². The molecule has 0 unspecified atom stereocenters. The molecule has 0 amide bonds. The van der Waals surface area contributed by atoms with Gasteiger partial charge in [-0.2, -0.15) is 5.28 Å². The van der Waals surface area contributed by atoms with Gasteiger partial charge in [0.05, 0.1) is 4.99 Å². The summed E-state index contributed by atoms with van der Waals surface area (Å²) >= 11 is 0. The van der Waals surface area contributed by atoms with E-state index in [0.717, 1.165) is 0 Å². The lowest BCUT2D eigenvalue weighted by atomic mass is 12.1. The maximum absolute atomic E-state index is 9.59. The first kappa shape index (κ1) is 9.28. The van der Waals surface area contributed by atoms with Gasteiger partial charge in [-0.3, -0.25) is 5.84 Å². The predicted molar refractivity (Wildman–Crippen MR) is 26.9 cm³/mol. The van der Waals surface area contributed by atoms with Crippen molar-refractivity contribution >= 4 is 0 Å². The van der Waals surface area contributed by atoms with Crippen LogP contribution >= 0.6 is 0 Å². The largest absolute Gasteiger partial charge is 0.566 e. The lowest BCUT2D eigenvalue weighted by Crippen LogP contribution is -2.56. The molecule has 0 heterocycles. The van der Waals surface area contributed by atoms with E-state index in [-0.39, 0.29) is 5.28 Å². The molecule has 60 valence electrons. The van der Waals surface area contributed by atoms with Gasteiger partial charge in [0.2, 0.25) is 5.29 Å². The molecule has 0 spiro atoms. The number of nitroso groups, excluding NO2 is 1. The maximum Gasteiger partial charge on any atom is 0.237 e. The highest BCUT2D eigenvalue weighted by molar-refractivity contribution is 4.11. The summed E-state index contributed by atoms with van der Waals surface area (Å²) < 4.78 is 0. The molecule has 0 saturated heterocycles. The maximum atomic E-state index is 9.59. The Morgan fingerprint density at radius 3 is 2.40 bits per heavy atom. The average Bonchev–Trinajstić information content (AvgIpc) is 1.85. The number of hydrogen-bond acceptors (Lipinski definition) is 8. The van der Waals surface area contributed by atoms with Crippen LogP contribution in [0.25, 0.3) is 5.84 Å². The summed E-state index contributed by atoms with van der Waals surface area (Å²) in [6.07, 6.45) is 0. The Labute approximate surface area is 55.1 Å². The van der Waals surface area contributed by atoms with Crippen LogP contribution < -0.4 is 17.5 Å². The van der Waals surface area contributed by atoms with Gasteiger partial charge >= 0.3 is 0 Å². The van der Waals surface area contributed by atoms with Gasteiger partial charge in [-0.15, -0.1) is 0 Å². The normalized spacial score (nSPS) is 12.1. The van der Waals surface area contributed by atoms with E-state index in [0.29, 0.717) is 0 Å². The van der Waals surface area contributed by atoms with E-state index in [1.165, 1.54) is 0 Å². The first-order chi connectivity index (χ1) is 4.48. The summed E-state index contributed by atoms with van der Waals surface area (Å²) in [6.45, 7) is 0. The van der Waals surface area contributed by atoms with Crippen molar-refractivity contribution in [2.75, 3.05) is 0 Å². The lowest BCUT2D eigenvalue weighted by molar-refractivity contribution is -1.18. The summed E-state index contributed by atoms with van der Waals surface area (Å²) in [5.41, 5.74) is 0. The molecule has 0 radical (unpaired) electrons. The predicted octanol–water partition coefficient (Wildman–Crippen LogP) is -1.85. The van der Waals surface area contributed by atoms with Crippen molar-refractivity contribution in [2.24, 2.45) is 22.8 Å². The third-order valence-electron chi connectivity index (χ3n) is 0.361. The van der Waals surface area contributed by atoms with Gasteiger partial charge in [-0.25, -0.2) is 0 Å². The summed E-state index contributed by atoms with van der Waals surface area (Å²) in [6, 6.07) is 0. The van der Waals surface area contributed by atoms with Crippen LogP contribution in [-0.4, -0.2) is 10.3 Å². The second kappa shape index (κ2) is 3.45. The number of nitrogens with one attached hydrogen (secondary N) is 1. The van der Waals surface area contributed by atoms with Crippen molar-refractivity contribution in [3.63, 3.8) is 0 Å². The molecule has 0 aromatic rings.